The molecule has 0 saturated carbocycles. The number of nitrogens with zero attached hydrogens (tertiary/aromatic N) is 3. The van der Waals surface area contributed by atoms with Crippen LogP contribution in [0.4, 0.5) is 10.5 Å². The van der Waals surface area contributed by atoms with Crippen LogP contribution in [0.15, 0.2) is 47.3 Å². The Hall–Kier alpha value is -3.09. The van der Waals surface area contributed by atoms with Crippen LogP contribution in [0.1, 0.15) is 16.1 Å². The molecule has 1 aromatic heterocycles. The minimum atomic E-state index is -0.216. The van der Waals surface area contributed by atoms with Crippen LogP contribution < -0.4 is 10.9 Å². The third-order valence-electron chi connectivity index (χ3n) is 4.56. The van der Waals surface area contributed by atoms with Crippen molar-refractivity contribution in [1.82, 2.24) is 14.4 Å². The maximum absolute atomic E-state index is 12.6. The van der Waals surface area contributed by atoms with E-state index in [-0.39, 0.29) is 17.5 Å². The van der Waals surface area contributed by atoms with Gasteiger partial charge in [-0.25, -0.2) is 4.79 Å². The molecule has 7 heteroatoms. The molecule has 0 atom stereocenters. The van der Waals surface area contributed by atoms with Gasteiger partial charge in [-0.1, -0.05) is 23.8 Å². The second kappa shape index (κ2) is 7.43. The number of anilines is 1. The number of benzene rings is 1. The van der Waals surface area contributed by atoms with Crippen molar-refractivity contribution in [3.63, 3.8) is 0 Å². The Labute approximate surface area is 151 Å². The van der Waals surface area contributed by atoms with Gasteiger partial charge in [-0.3, -0.25) is 9.59 Å². The highest BCUT2D eigenvalue weighted by molar-refractivity contribution is 5.93. The maximum Gasteiger partial charge on any atom is 0.321 e. The summed E-state index contributed by atoms with van der Waals surface area (Å²) < 4.78 is 1.35. The van der Waals surface area contributed by atoms with Crippen LogP contribution >= 0.6 is 0 Å². The van der Waals surface area contributed by atoms with E-state index in [1.54, 1.807) is 29.0 Å². The van der Waals surface area contributed by atoms with Crippen LogP contribution in [0.2, 0.25) is 0 Å². The first-order valence-corrected chi connectivity index (χ1v) is 8.53. The minimum Gasteiger partial charge on any atom is -0.334 e. The predicted octanol–water partition coefficient (Wildman–Crippen LogP) is 1.68. The quantitative estimate of drug-likeness (QED) is 0.892. The molecule has 1 saturated heterocycles. The first kappa shape index (κ1) is 17.7. The molecule has 1 fully saturated rings. The summed E-state index contributed by atoms with van der Waals surface area (Å²) in [6.07, 6.45) is 0. The number of nitrogens with one attached hydrogen (secondary N) is 1. The summed E-state index contributed by atoms with van der Waals surface area (Å²) in [4.78, 5) is 40.0. The first-order valence-electron chi connectivity index (χ1n) is 8.53. The summed E-state index contributed by atoms with van der Waals surface area (Å²) in [6, 6.07) is 12.1. The number of amides is 3. The number of aryl methyl sites for hydroxylation is 1. The van der Waals surface area contributed by atoms with Crippen LogP contribution in [0, 0.1) is 6.92 Å². The van der Waals surface area contributed by atoms with Crippen LogP contribution in [-0.4, -0.2) is 52.5 Å². The van der Waals surface area contributed by atoms with E-state index in [0.717, 1.165) is 11.3 Å². The van der Waals surface area contributed by atoms with Gasteiger partial charge in [0.2, 0.25) is 0 Å². The average Bonchev–Trinajstić information content (AvgIpc) is 2.65. The smallest absolute Gasteiger partial charge is 0.321 e. The van der Waals surface area contributed by atoms with Crippen molar-refractivity contribution in [1.29, 1.82) is 0 Å². The molecule has 7 nitrogen and oxygen atoms in total. The average molecular weight is 354 g/mol. The van der Waals surface area contributed by atoms with Crippen LogP contribution in [0.3, 0.4) is 0 Å². The standard InChI is InChI=1S/C19H22N4O3/c1-14-6-8-15(9-7-14)20-19(26)23-12-10-22(11-13-23)18(25)16-4-3-5-17(24)21(16)2/h3-9H,10-13H2,1-2H3,(H,20,26). The number of rotatable bonds is 2. The van der Waals surface area contributed by atoms with E-state index >= 15 is 0 Å². The molecule has 2 aromatic rings. The van der Waals surface area contributed by atoms with Crippen molar-refractivity contribution in [3.8, 4) is 0 Å². The molecular weight excluding hydrogens is 332 g/mol. The Balaban J connectivity index is 1.59. The summed E-state index contributed by atoms with van der Waals surface area (Å²) >= 11 is 0. The predicted molar refractivity (Wildman–Crippen MR) is 99.4 cm³/mol. The topological polar surface area (TPSA) is 74.7 Å². The van der Waals surface area contributed by atoms with E-state index in [1.165, 1.54) is 10.6 Å². The molecule has 1 aliphatic heterocycles. The van der Waals surface area contributed by atoms with Gasteiger partial charge in [0.1, 0.15) is 5.69 Å². The van der Waals surface area contributed by atoms with Crippen molar-refractivity contribution in [3.05, 3.63) is 64.1 Å². The maximum atomic E-state index is 12.6. The zero-order valence-electron chi connectivity index (χ0n) is 14.9. The largest absolute Gasteiger partial charge is 0.334 e. The lowest BCUT2D eigenvalue weighted by Crippen LogP contribution is -2.52. The highest BCUT2D eigenvalue weighted by atomic mass is 16.2. The Morgan fingerprint density at radius 1 is 0.923 bits per heavy atom. The lowest BCUT2D eigenvalue weighted by Gasteiger charge is -2.34. The number of piperazine rings is 1. The molecule has 3 amide bonds. The molecule has 0 bridgehead atoms. The molecule has 0 unspecified atom stereocenters. The molecule has 0 aliphatic carbocycles. The van der Waals surface area contributed by atoms with Crippen LogP contribution in [-0.2, 0) is 7.05 Å². The number of hydrogen-bond donors (Lipinski definition) is 1. The molecule has 2 heterocycles. The van der Waals surface area contributed by atoms with Gasteiger partial charge in [0, 0.05) is 45.0 Å². The summed E-state index contributed by atoms with van der Waals surface area (Å²) in [6.45, 7) is 3.76. The van der Waals surface area contributed by atoms with Gasteiger partial charge < -0.3 is 19.7 Å². The SMILES string of the molecule is Cc1ccc(NC(=O)N2CCN(C(=O)c3cccc(=O)n3C)CC2)cc1. The summed E-state index contributed by atoms with van der Waals surface area (Å²) in [5.41, 5.74) is 2.02. The number of carbonyl (C=O) groups is 2. The lowest BCUT2D eigenvalue weighted by atomic mass is 10.2. The van der Waals surface area contributed by atoms with Crippen LogP contribution in [0.5, 0.6) is 0 Å². The summed E-state index contributed by atoms with van der Waals surface area (Å²) in [5, 5.41) is 2.87. The third kappa shape index (κ3) is 3.77. The zero-order valence-corrected chi connectivity index (χ0v) is 14.9. The fourth-order valence-electron chi connectivity index (χ4n) is 2.89. The molecule has 1 N–H and O–H groups in total. The molecular formula is C19H22N4O3. The van der Waals surface area contributed by atoms with E-state index in [2.05, 4.69) is 5.32 Å². The minimum absolute atomic E-state index is 0.173. The number of pyridine rings is 1. The van der Waals surface area contributed by atoms with Gasteiger partial charge >= 0.3 is 6.03 Å². The zero-order chi connectivity index (χ0) is 18.7. The Morgan fingerprint density at radius 2 is 1.54 bits per heavy atom. The molecule has 136 valence electrons. The molecule has 1 aliphatic rings. The molecule has 26 heavy (non-hydrogen) atoms. The summed E-state index contributed by atoms with van der Waals surface area (Å²) in [7, 11) is 1.58. The van der Waals surface area contributed by atoms with E-state index in [4.69, 9.17) is 0 Å². The lowest BCUT2D eigenvalue weighted by molar-refractivity contribution is 0.0661. The van der Waals surface area contributed by atoms with Gasteiger partial charge in [-0.05, 0) is 25.1 Å². The van der Waals surface area contributed by atoms with Crippen molar-refractivity contribution < 1.29 is 9.59 Å². The first-order chi connectivity index (χ1) is 12.5. The second-order valence-electron chi connectivity index (χ2n) is 6.38. The van der Waals surface area contributed by atoms with Crippen molar-refractivity contribution in [2.24, 2.45) is 7.05 Å². The van der Waals surface area contributed by atoms with Gasteiger partial charge in [0.05, 0.1) is 0 Å². The third-order valence-corrected chi connectivity index (χ3v) is 4.56. The number of hydrogen-bond acceptors (Lipinski definition) is 3. The second-order valence-corrected chi connectivity index (χ2v) is 6.38. The van der Waals surface area contributed by atoms with Gasteiger partial charge in [-0.15, -0.1) is 0 Å². The van der Waals surface area contributed by atoms with Crippen LogP contribution in [0.25, 0.3) is 0 Å². The molecule has 0 radical (unpaired) electrons. The van der Waals surface area contributed by atoms with E-state index in [0.29, 0.717) is 31.9 Å². The van der Waals surface area contributed by atoms with Crippen molar-refractivity contribution >= 4 is 17.6 Å². The molecule has 1 aromatic carbocycles. The monoisotopic (exact) mass is 354 g/mol. The highest BCUT2D eigenvalue weighted by Gasteiger charge is 2.26. The van der Waals surface area contributed by atoms with E-state index < -0.39 is 0 Å². The Kier molecular flexibility index (Phi) is 5.06. The van der Waals surface area contributed by atoms with Gasteiger partial charge in [0.15, 0.2) is 0 Å². The molecule has 0 spiro atoms. The Bertz CT molecular complexity index is 865. The van der Waals surface area contributed by atoms with Crippen molar-refractivity contribution in [2.45, 2.75) is 6.92 Å². The number of carbonyl (C=O) groups excluding carboxylic acids is 2. The number of urea groups is 1. The summed E-state index contributed by atoms with van der Waals surface area (Å²) in [5.74, 6) is -0.191. The fraction of sp³-hybridized carbons (Fsp3) is 0.316. The normalized spacial score (nSPS) is 14.2. The van der Waals surface area contributed by atoms with E-state index in [1.807, 2.05) is 31.2 Å². The number of aromatic nitrogens is 1. The van der Waals surface area contributed by atoms with Gasteiger partial charge in [-0.2, -0.15) is 0 Å². The Morgan fingerprint density at radius 3 is 2.19 bits per heavy atom. The van der Waals surface area contributed by atoms with Crippen molar-refractivity contribution in [2.75, 3.05) is 31.5 Å². The fourth-order valence-corrected chi connectivity index (χ4v) is 2.89. The molecule has 3 rings (SSSR count). The van der Waals surface area contributed by atoms with Gasteiger partial charge in [0.25, 0.3) is 11.5 Å². The highest BCUT2D eigenvalue weighted by Crippen LogP contribution is 2.12. The van der Waals surface area contributed by atoms with E-state index in [9.17, 15) is 14.4 Å².